The van der Waals surface area contributed by atoms with Crippen LogP contribution in [0.25, 0.3) is 11.1 Å². The Morgan fingerprint density at radius 3 is 2.19 bits per heavy atom. The number of methoxy groups -OCH3 is 1. The molecule has 0 saturated carbocycles. The van der Waals surface area contributed by atoms with E-state index >= 15 is 0 Å². The highest BCUT2D eigenvalue weighted by atomic mass is 16.6. The lowest BCUT2D eigenvalue weighted by atomic mass is 9.88. The van der Waals surface area contributed by atoms with E-state index in [1.807, 2.05) is 84.9 Å². The highest BCUT2D eigenvalue weighted by Crippen LogP contribution is 2.44. The number of hydrogen-bond acceptors (Lipinski definition) is 7. The highest BCUT2D eigenvalue weighted by Gasteiger charge is 2.57. The zero-order valence-corrected chi connectivity index (χ0v) is 24.2. The summed E-state index contributed by atoms with van der Waals surface area (Å²) in [4.78, 5) is 28.7. The van der Waals surface area contributed by atoms with Gasteiger partial charge >= 0.3 is 6.09 Å². The van der Waals surface area contributed by atoms with Crippen molar-refractivity contribution >= 4 is 12.0 Å². The zero-order valence-electron chi connectivity index (χ0n) is 24.2. The Labute approximate surface area is 245 Å². The van der Waals surface area contributed by atoms with Crippen LogP contribution in [0.4, 0.5) is 4.79 Å². The summed E-state index contributed by atoms with van der Waals surface area (Å²) in [5.41, 5.74) is 0.662. The SMILES string of the molecule is COCc1ccc([C@@H](O)[C@](C)(OCc2ccc(-c3ccccc3)cc2)C(=O)N2C(=O)OC(C)(C)[C@@H]2c2ccccc2)o1. The number of aliphatic hydroxyl groups excluding tert-OH is 1. The Morgan fingerprint density at radius 2 is 1.55 bits per heavy atom. The number of cyclic esters (lactones) is 1. The second-order valence-corrected chi connectivity index (χ2v) is 11.1. The van der Waals surface area contributed by atoms with Crippen molar-refractivity contribution in [2.45, 2.75) is 57.3 Å². The van der Waals surface area contributed by atoms with E-state index in [-0.39, 0.29) is 19.0 Å². The van der Waals surface area contributed by atoms with Gasteiger partial charge in [-0.15, -0.1) is 0 Å². The number of benzene rings is 3. The summed E-state index contributed by atoms with van der Waals surface area (Å²) < 4.78 is 22.9. The number of hydrogen-bond donors (Lipinski definition) is 1. The average Bonchev–Trinajstić information content (AvgIpc) is 3.56. The molecule has 2 heterocycles. The van der Waals surface area contributed by atoms with Gasteiger partial charge in [0, 0.05) is 7.11 Å². The number of carbonyl (C=O) groups is 2. The molecule has 218 valence electrons. The highest BCUT2D eigenvalue weighted by molar-refractivity contribution is 5.99. The number of rotatable bonds is 10. The van der Waals surface area contributed by atoms with Gasteiger partial charge in [-0.05, 0) is 55.2 Å². The molecule has 5 rings (SSSR count). The van der Waals surface area contributed by atoms with Crippen LogP contribution < -0.4 is 0 Å². The maximum atomic E-state index is 14.4. The van der Waals surface area contributed by atoms with Crippen LogP contribution in [0.15, 0.2) is 101 Å². The molecule has 0 aliphatic carbocycles. The van der Waals surface area contributed by atoms with Crippen molar-refractivity contribution in [2.24, 2.45) is 0 Å². The largest absolute Gasteiger partial charge is 0.461 e. The molecule has 0 spiro atoms. The molecule has 1 fully saturated rings. The number of furan rings is 1. The molecule has 3 atom stereocenters. The van der Waals surface area contributed by atoms with Gasteiger partial charge in [-0.2, -0.15) is 0 Å². The van der Waals surface area contributed by atoms with E-state index < -0.39 is 35.3 Å². The fraction of sp³-hybridized carbons (Fsp3) is 0.294. The summed E-state index contributed by atoms with van der Waals surface area (Å²) in [6.45, 7) is 5.15. The fourth-order valence-electron chi connectivity index (χ4n) is 5.32. The third-order valence-electron chi connectivity index (χ3n) is 7.58. The molecule has 0 bridgehead atoms. The van der Waals surface area contributed by atoms with Crippen molar-refractivity contribution in [1.82, 2.24) is 4.90 Å². The summed E-state index contributed by atoms with van der Waals surface area (Å²) in [7, 11) is 1.53. The average molecular weight is 570 g/mol. The van der Waals surface area contributed by atoms with Crippen LogP contribution >= 0.6 is 0 Å². The van der Waals surface area contributed by atoms with Gasteiger partial charge in [0.1, 0.15) is 35.9 Å². The van der Waals surface area contributed by atoms with Crippen LogP contribution in [-0.2, 0) is 32.2 Å². The van der Waals surface area contributed by atoms with Gasteiger partial charge < -0.3 is 23.7 Å². The van der Waals surface area contributed by atoms with Crippen LogP contribution in [-0.4, -0.2) is 40.3 Å². The summed E-state index contributed by atoms with van der Waals surface area (Å²) in [5.74, 6) is -0.160. The molecule has 1 saturated heterocycles. The molecule has 0 unspecified atom stereocenters. The Bertz CT molecular complexity index is 1510. The second-order valence-electron chi connectivity index (χ2n) is 11.1. The van der Waals surface area contributed by atoms with Crippen molar-refractivity contribution in [1.29, 1.82) is 0 Å². The smallest absolute Gasteiger partial charge is 0.417 e. The van der Waals surface area contributed by atoms with Crippen LogP contribution in [0.2, 0.25) is 0 Å². The first-order valence-electron chi connectivity index (χ1n) is 13.8. The Morgan fingerprint density at radius 1 is 0.929 bits per heavy atom. The first kappa shape index (κ1) is 29.3. The fourth-order valence-corrected chi connectivity index (χ4v) is 5.32. The second kappa shape index (κ2) is 11.9. The quantitative estimate of drug-likeness (QED) is 0.230. The van der Waals surface area contributed by atoms with Gasteiger partial charge in [-0.1, -0.05) is 84.9 Å². The minimum Gasteiger partial charge on any atom is -0.461 e. The summed E-state index contributed by atoms with van der Waals surface area (Å²) in [6, 6.07) is 29.4. The normalized spacial score (nSPS) is 18.4. The van der Waals surface area contributed by atoms with Gasteiger partial charge in [-0.25, -0.2) is 9.69 Å². The van der Waals surface area contributed by atoms with Gasteiger partial charge in [0.05, 0.1) is 6.61 Å². The molecule has 8 nitrogen and oxygen atoms in total. The van der Waals surface area contributed by atoms with E-state index in [0.29, 0.717) is 5.76 Å². The standard InChI is InChI=1S/C34H35NO7/c1-33(2)29(26-13-9-6-10-14-26)35(32(38)42-33)31(37)34(3,30(36)28-20-19-27(41-28)22-39-4)40-21-23-15-17-25(18-16-23)24-11-7-5-8-12-24/h5-20,29-30,36H,21-22H2,1-4H3/t29-,30+,34-/m0/s1. The van der Waals surface area contributed by atoms with E-state index in [0.717, 1.165) is 27.2 Å². The molecule has 1 aliphatic rings. The molecule has 1 aliphatic heterocycles. The van der Waals surface area contributed by atoms with E-state index in [1.54, 1.807) is 26.0 Å². The predicted octanol–water partition coefficient (Wildman–Crippen LogP) is 6.60. The third kappa shape index (κ3) is 5.74. The third-order valence-corrected chi connectivity index (χ3v) is 7.58. The lowest BCUT2D eigenvalue weighted by Crippen LogP contribution is -2.54. The molecule has 1 N–H and O–H groups in total. The van der Waals surface area contributed by atoms with E-state index in [9.17, 15) is 14.7 Å². The molecule has 4 aromatic rings. The molecule has 42 heavy (non-hydrogen) atoms. The molecular weight excluding hydrogens is 534 g/mol. The van der Waals surface area contributed by atoms with Crippen LogP contribution in [0.1, 0.15) is 55.6 Å². The maximum Gasteiger partial charge on any atom is 0.417 e. The Balaban J connectivity index is 1.48. The van der Waals surface area contributed by atoms with E-state index in [4.69, 9.17) is 18.6 Å². The van der Waals surface area contributed by atoms with Crippen LogP contribution in [0.5, 0.6) is 0 Å². The summed E-state index contributed by atoms with van der Waals surface area (Å²) in [5, 5.41) is 11.6. The minimum atomic E-state index is -1.92. The molecule has 3 aromatic carbocycles. The molecular formula is C34H35NO7. The number of ether oxygens (including phenoxy) is 3. The van der Waals surface area contributed by atoms with Crippen molar-refractivity contribution < 1.29 is 33.3 Å². The van der Waals surface area contributed by atoms with Gasteiger partial charge in [0.15, 0.2) is 5.60 Å². The number of imide groups is 1. The molecule has 2 amide bonds. The van der Waals surface area contributed by atoms with Crippen molar-refractivity contribution in [2.75, 3.05) is 7.11 Å². The molecule has 0 radical (unpaired) electrons. The molecule has 1 aromatic heterocycles. The van der Waals surface area contributed by atoms with Crippen LogP contribution in [0.3, 0.4) is 0 Å². The van der Waals surface area contributed by atoms with E-state index in [1.165, 1.54) is 14.0 Å². The lowest BCUT2D eigenvalue weighted by molar-refractivity contribution is -0.176. The monoisotopic (exact) mass is 569 g/mol. The topological polar surface area (TPSA) is 98.4 Å². The van der Waals surface area contributed by atoms with Crippen molar-refractivity contribution in [3.05, 3.63) is 120 Å². The van der Waals surface area contributed by atoms with Gasteiger partial charge in [0.25, 0.3) is 5.91 Å². The summed E-state index contributed by atoms with van der Waals surface area (Å²) in [6.07, 6.45) is -2.36. The predicted molar refractivity (Wildman–Crippen MR) is 156 cm³/mol. The first-order chi connectivity index (χ1) is 20.1. The van der Waals surface area contributed by atoms with E-state index in [2.05, 4.69) is 0 Å². The van der Waals surface area contributed by atoms with Gasteiger partial charge in [0.2, 0.25) is 0 Å². The van der Waals surface area contributed by atoms with Gasteiger partial charge in [-0.3, -0.25) is 4.79 Å². The lowest BCUT2D eigenvalue weighted by Gasteiger charge is -2.37. The first-order valence-corrected chi connectivity index (χ1v) is 13.8. The minimum absolute atomic E-state index is 0.0116. The zero-order chi connectivity index (χ0) is 29.9. The number of carbonyl (C=O) groups excluding carboxylic acids is 2. The number of amides is 2. The summed E-state index contributed by atoms with van der Waals surface area (Å²) >= 11 is 0. The number of nitrogens with zero attached hydrogens (tertiary/aromatic N) is 1. The Kier molecular flexibility index (Phi) is 8.31. The van der Waals surface area contributed by atoms with Crippen LogP contribution in [0, 0.1) is 0 Å². The Hall–Kier alpha value is -4.24. The van der Waals surface area contributed by atoms with Crippen molar-refractivity contribution in [3.8, 4) is 11.1 Å². The maximum absolute atomic E-state index is 14.4. The van der Waals surface area contributed by atoms with Crippen molar-refractivity contribution in [3.63, 3.8) is 0 Å². The molecule has 8 heteroatoms. The number of aliphatic hydroxyl groups is 1.